The lowest BCUT2D eigenvalue weighted by molar-refractivity contribution is -0.161. The van der Waals surface area contributed by atoms with Crippen LogP contribution < -0.4 is 0 Å². The van der Waals surface area contributed by atoms with Gasteiger partial charge in [0.15, 0.2) is 6.29 Å². The minimum absolute atomic E-state index is 0.0286. The molecule has 2 rings (SSSR count). The number of unbranched alkanes of at least 4 members (excludes halogenated alkanes) is 2. The molecule has 1 atom stereocenters. The number of hydrogen-bond donors (Lipinski definition) is 1. The molecule has 0 spiro atoms. The Balaban J connectivity index is 1.81. The van der Waals surface area contributed by atoms with E-state index in [4.69, 9.17) is 9.47 Å². The van der Waals surface area contributed by atoms with E-state index in [1.165, 1.54) is 6.42 Å². The first-order chi connectivity index (χ1) is 12.2. The predicted octanol–water partition coefficient (Wildman–Crippen LogP) is 3.54. The molecule has 142 valence electrons. The van der Waals surface area contributed by atoms with Gasteiger partial charge in [-0.15, -0.1) is 0 Å². The van der Waals surface area contributed by atoms with Crippen molar-refractivity contribution in [2.75, 3.05) is 26.3 Å². The SMILES string of the molecule is CCCCN(CCCC)C(=O)c1cc(CCOC2CCCCO2)[nH]n1. The molecule has 1 N–H and O–H groups in total. The zero-order valence-electron chi connectivity index (χ0n) is 15.8. The first-order valence-corrected chi connectivity index (χ1v) is 9.81. The number of aromatic amines is 1. The molecule has 1 aliphatic rings. The minimum Gasteiger partial charge on any atom is -0.353 e. The van der Waals surface area contributed by atoms with Crippen molar-refractivity contribution in [1.29, 1.82) is 0 Å². The van der Waals surface area contributed by atoms with Crippen LogP contribution in [0.5, 0.6) is 0 Å². The lowest BCUT2D eigenvalue weighted by atomic mass is 10.2. The van der Waals surface area contributed by atoms with Crippen LogP contribution in [0.15, 0.2) is 6.07 Å². The number of nitrogens with one attached hydrogen (secondary N) is 1. The fourth-order valence-corrected chi connectivity index (χ4v) is 2.92. The second-order valence-electron chi connectivity index (χ2n) is 6.69. The molecular formula is C19H33N3O3. The Bertz CT molecular complexity index is 490. The molecule has 6 nitrogen and oxygen atoms in total. The number of carbonyl (C=O) groups excluding carboxylic acids is 1. The molecule has 1 fully saturated rings. The van der Waals surface area contributed by atoms with Crippen molar-refractivity contribution in [3.05, 3.63) is 17.5 Å². The molecule has 1 saturated heterocycles. The summed E-state index contributed by atoms with van der Waals surface area (Å²) in [6.45, 7) is 7.27. The van der Waals surface area contributed by atoms with E-state index in [1.807, 2.05) is 11.0 Å². The number of rotatable bonds is 11. The smallest absolute Gasteiger partial charge is 0.274 e. The molecule has 0 bridgehead atoms. The van der Waals surface area contributed by atoms with E-state index in [-0.39, 0.29) is 12.2 Å². The molecule has 1 aromatic heterocycles. The third-order valence-corrected chi connectivity index (χ3v) is 4.51. The topological polar surface area (TPSA) is 67.5 Å². The second-order valence-corrected chi connectivity index (χ2v) is 6.69. The first kappa shape index (κ1) is 19.9. The van der Waals surface area contributed by atoms with Gasteiger partial charge in [0.2, 0.25) is 0 Å². The summed E-state index contributed by atoms with van der Waals surface area (Å²) in [6, 6.07) is 1.86. The summed E-state index contributed by atoms with van der Waals surface area (Å²) < 4.78 is 11.3. The lowest BCUT2D eigenvalue weighted by Crippen LogP contribution is -2.33. The van der Waals surface area contributed by atoms with Gasteiger partial charge in [-0.05, 0) is 38.2 Å². The summed E-state index contributed by atoms with van der Waals surface area (Å²) in [5, 5.41) is 7.19. The molecule has 0 aliphatic carbocycles. The van der Waals surface area contributed by atoms with Gasteiger partial charge in [0.25, 0.3) is 5.91 Å². The summed E-state index contributed by atoms with van der Waals surface area (Å²) in [5.74, 6) is 0.0286. The maximum Gasteiger partial charge on any atom is 0.274 e. The lowest BCUT2D eigenvalue weighted by Gasteiger charge is -2.22. The van der Waals surface area contributed by atoms with E-state index in [9.17, 15) is 4.79 Å². The molecular weight excluding hydrogens is 318 g/mol. The van der Waals surface area contributed by atoms with Crippen molar-refractivity contribution in [2.24, 2.45) is 0 Å². The van der Waals surface area contributed by atoms with E-state index < -0.39 is 0 Å². The Morgan fingerprint density at radius 3 is 2.72 bits per heavy atom. The minimum atomic E-state index is -0.0728. The summed E-state index contributed by atoms with van der Waals surface area (Å²) >= 11 is 0. The average Bonchev–Trinajstić information content (AvgIpc) is 3.11. The Kier molecular flexibility index (Phi) is 8.97. The highest BCUT2D eigenvalue weighted by molar-refractivity contribution is 5.92. The van der Waals surface area contributed by atoms with E-state index in [0.717, 1.165) is 63.9 Å². The molecule has 0 aromatic carbocycles. The van der Waals surface area contributed by atoms with Gasteiger partial charge >= 0.3 is 0 Å². The molecule has 25 heavy (non-hydrogen) atoms. The van der Waals surface area contributed by atoms with Crippen molar-refractivity contribution >= 4 is 5.91 Å². The first-order valence-electron chi connectivity index (χ1n) is 9.81. The van der Waals surface area contributed by atoms with Crippen molar-refractivity contribution in [3.63, 3.8) is 0 Å². The highest BCUT2D eigenvalue weighted by atomic mass is 16.7. The Morgan fingerprint density at radius 2 is 2.08 bits per heavy atom. The van der Waals surface area contributed by atoms with Crippen LogP contribution in [0.2, 0.25) is 0 Å². The van der Waals surface area contributed by atoms with Gasteiger partial charge < -0.3 is 14.4 Å². The van der Waals surface area contributed by atoms with Crippen molar-refractivity contribution in [2.45, 2.75) is 71.5 Å². The number of nitrogens with zero attached hydrogens (tertiary/aromatic N) is 2. The van der Waals surface area contributed by atoms with E-state index in [0.29, 0.717) is 18.7 Å². The fourth-order valence-electron chi connectivity index (χ4n) is 2.92. The van der Waals surface area contributed by atoms with Crippen LogP contribution in [-0.4, -0.2) is 53.6 Å². The van der Waals surface area contributed by atoms with Crippen LogP contribution in [0.4, 0.5) is 0 Å². The Morgan fingerprint density at radius 1 is 1.32 bits per heavy atom. The normalized spacial score (nSPS) is 17.6. The quantitative estimate of drug-likeness (QED) is 0.662. The van der Waals surface area contributed by atoms with Crippen LogP contribution in [0.1, 0.15) is 75.0 Å². The van der Waals surface area contributed by atoms with Crippen LogP contribution in [0, 0.1) is 0 Å². The van der Waals surface area contributed by atoms with Crippen molar-refractivity contribution in [1.82, 2.24) is 15.1 Å². The van der Waals surface area contributed by atoms with Gasteiger partial charge in [-0.25, -0.2) is 0 Å². The van der Waals surface area contributed by atoms with E-state index in [1.54, 1.807) is 0 Å². The molecule has 1 aliphatic heterocycles. The Labute approximate surface area is 151 Å². The Hall–Kier alpha value is -1.40. The molecule has 1 unspecified atom stereocenters. The molecule has 0 saturated carbocycles. The zero-order chi connectivity index (χ0) is 17.9. The number of hydrogen-bond acceptors (Lipinski definition) is 4. The maximum absolute atomic E-state index is 12.7. The monoisotopic (exact) mass is 351 g/mol. The van der Waals surface area contributed by atoms with Crippen LogP contribution in [0.3, 0.4) is 0 Å². The second kappa shape index (κ2) is 11.3. The number of carbonyl (C=O) groups is 1. The van der Waals surface area contributed by atoms with Crippen LogP contribution in [0.25, 0.3) is 0 Å². The fraction of sp³-hybridized carbons (Fsp3) is 0.789. The predicted molar refractivity (Wildman–Crippen MR) is 97.6 cm³/mol. The van der Waals surface area contributed by atoms with Gasteiger partial charge in [0.05, 0.1) is 6.61 Å². The zero-order valence-corrected chi connectivity index (χ0v) is 15.8. The summed E-state index contributed by atoms with van der Waals surface area (Å²) in [6.07, 6.45) is 8.13. The maximum atomic E-state index is 12.7. The van der Waals surface area contributed by atoms with Gasteiger partial charge in [0.1, 0.15) is 5.69 Å². The van der Waals surface area contributed by atoms with Gasteiger partial charge in [0, 0.05) is 31.8 Å². The van der Waals surface area contributed by atoms with Crippen LogP contribution in [-0.2, 0) is 15.9 Å². The number of ether oxygens (including phenoxy) is 2. The molecule has 1 amide bonds. The molecule has 0 radical (unpaired) electrons. The van der Waals surface area contributed by atoms with Crippen molar-refractivity contribution < 1.29 is 14.3 Å². The van der Waals surface area contributed by atoms with Crippen LogP contribution >= 0.6 is 0 Å². The highest BCUT2D eigenvalue weighted by Gasteiger charge is 2.18. The van der Waals surface area contributed by atoms with E-state index in [2.05, 4.69) is 24.0 Å². The highest BCUT2D eigenvalue weighted by Crippen LogP contribution is 2.14. The summed E-state index contributed by atoms with van der Waals surface area (Å²) in [7, 11) is 0. The average molecular weight is 351 g/mol. The summed E-state index contributed by atoms with van der Waals surface area (Å²) in [4.78, 5) is 14.6. The van der Waals surface area contributed by atoms with Gasteiger partial charge in [-0.3, -0.25) is 9.89 Å². The number of amides is 1. The van der Waals surface area contributed by atoms with E-state index >= 15 is 0 Å². The van der Waals surface area contributed by atoms with Gasteiger partial charge in [-0.2, -0.15) is 5.10 Å². The van der Waals surface area contributed by atoms with Crippen molar-refractivity contribution in [3.8, 4) is 0 Å². The number of H-pyrrole nitrogens is 1. The molecule has 6 heteroatoms. The standard InChI is InChI=1S/C19H33N3O3/c1-3-5-11-22(12-6-4-2)19(23)17-15-16(20-21-17)10-14-25-18-9-7-8-13-24-18/h15,18H,3-14H2,1-2H3,(H,20,21). The molecule has 1 aromatic rings. The number of aromatic nitrogens is 2. The third-order valence-electron chi connectivity index (χ3n) is 4.51. The summed E-state index contributed by atoms with van der Waals surface area (Å²) in [5.41, 5.74) is 1.45. The third kappa shape index (κ3) is 6.78. The molecule has 2 heterocycles. The van der Waals surface area contributed by atoms with Gasteiger partial charge in [-0.1, -0.05) is 26.7 Å². The largest absolute Gasteiger partial charge is 0.353 e.